The molecule has 3 aromatic carbocycles. The summed E-state index contributed by atoms with van der Waals surface area (Å²) in [5, 5.41) is 20.4. The Morgan fingerprint density at radius 1 is 0.500 bits per heavy atom. The van der Waals surface area contributed by atoms with Crippen molar-refractivity contribution in [3.63, 3.8) is 0 Å². The minimum Gasteiger partial charge on any atom is -0.465 e. The molecule has 0 saturated carbocycles. The van der Waals surface area contributed by atoms with Gasteiger partial charge in [-0.15, -0.1) is 0 Å². The van der Waals surface area contributed by atoms with E-state index in [-0.39, 0.29) is 45.0 Å². The zero-order valence-corrected chi connectivity index (χ0v) is 28.6. The van der Waals surface area contributed by atoms with Crippen LogP contribution in [0, 0.1) is 0 Å². The average molecular weight is 717 g/mol. The minimum absolute atomic E-state index is 0.0240. The number of hydrogen-bond donors (Lipinski definition) is 2. The predicted molar refractivity (Wildman–Crippen MR) is 180 cm³/mol. The maximum absolute atomic E-state index is 13.0. The van der Waals surface area contributed by atoms with Gasteiger partial charge in [0.25, 0.3) is 11.8 Å². The van der Waals surface area contributed by atoms with Gasteiger partial charge >= 0.3 is 23.9 Å². The van der Waals surface area contributed by atoms with Gasteiger partial charge in [0.1, 0.15) is 11.4 Å². The summed E-state index contributed by atoms with van der Waals surface area (Å²) in [5.74, 6) is -6.26. The molecule has 0 saturated heterocycles. The smallest absolute Gasteiger partial charge is 0.340 e. The van der Waals surface area contributed by atoms with Crippen molar-refractivity contribution in [3.8, 4) is 0 Å². The standard InChI is InChI=1S/C34H32N6O12/c1-17(41)27(39-37-25-15-19(31(45)49-3)7-13-23(25)33(47)51-5)29(43)35-21-9-11-22(12-10-21)36-30(44)28(18(2)42)40-38-26-16-20(32(46)50-4)8-14-24(26)34(48)52-6/h7-16,27-28H,1-6H3,(H,35,43)(H,36,44)/t27-,28-/m0/s1. The van der Waals surface area contributed by atoms with Gasteiger partial charge in [0.05, 0.1) is 50.7 Å². The minimum atomic E-state index is -1.67. The largest absolute Gasteiger partial charge is 0.465 e. The fraction of sp³-hybridized carbons (Fsp3) is 0.235. The number of nitrogens with zero attached hydrogens (tertiary/aromatic N) is 4. The van der Waals surface area contributed by atoms with E-state index in [1.165, 1.54) is 60.7 Å². The van der Waals surface area contributed by atoms with Crippen LogP contribution < -0.4 is 10.6 Å². The summed E-state index contributed by atoms with van der Waals surface area (Å²) >= 11 is 0. The van der Waals surface area contributed by atoms with Crippen LogP contribution in [-0.2, 0) is 38.1 Å². The van der Waals surface area contributed by atoms with Gasteiger partial charge in [-0.25, -0.2) is 19.2 Å². The summed E-state index contributed by atoms with van der Waals surface area (Å²) in [6, 6.07) is 9.66. The molecule has 52 heavy (non-hydrogen) atoms. The van der Waals surface area contributed by atoms with Crippen molar-refractivity contribution in [3.05, 3.63) is 82.9 Å². The van der Waals surface area contributed by atoms with Crippen LogP contribution in [0.15, 0.2) is 81.1 Å². The Labute approximate surface area is 295 Å². The van der Waals surface area contributed by atoms with Crippen LogP contribution in [0.1, 0.15) is 55.3 Å². The number of azo groups is 2. The lowest BCUT2D eigenvalue weighted by atomic mass is 10.1. The van der Waals surface area contributed by atoms with Crippen LogP contribution in [0.3, 0.4) is 0 Å². The average Bonchev–Trinajstić information content (AvgIpc) is 3.13. The van der Waals surface area contributed by atoms with Crippen LogP contribution in [0.4, 0.5) is 22.7 Å². The second kappa shape index (κ2) is 18.1. The van der Waals surface area contributed by atoms with Gasteiger partial charge in [-0.05, 0) is 74.5 Å². The summed E-state index contributed by atoms with van der Waals surface area (Å²) in [5.41, 5.74) is -0.0939. The number of ether oxygens (including phenoxy) is 4. The molecular weight excluding hydrogens is 684 g/mol. The van der Waals surface area contributed by atoms with E-state index < -0.39 is 59.3 Å². The Kier molecular flexibility index (Phi) is 13.8. The summed E-state index contributed by atoms with van der Waals surface area (Å²) in [4.78, 5) is 99.1. The number of benzene rings is 3. The van der Waals surface area contributed by atoms with E-state index in [1.54, 1.807) is 0 Å². The van der Waals surface area contributed by atoms with Gasteiger partial charge in [0.2, 0.25) is 12.1 Å². The van der Waals surface area contributed by atoms with Gasteiger partial charge < -0.3 is 29.6 Å². The number of ketones is 2. The molecule has 2 N–H and O–H groups in total. The van der Waals surface area contributed by atoms with Crippen LogP contribution in [0.5, 0.6) is 0 Å². The highest BCUT2D eigenvalue weighted by Crippen LogP contribution is 2.25. The lowest BCUT2D eigenvalue weighted by Gasteiger charge is -2.12. The molecule has 2 atom stereocenters. The van der Waals surface area contributed by atoms with Gasteiger partial charge in [0.15, 0.2) is 11.6 Å². The Morgan fingerprint density at radius 3 is 1.12 bits per heavy atom. The highest BCUT2D eigenvalue weighted by atomic mass is 16.5. The molecular formula is C34H32N6O12. The summed E-state index contributed by atoms with van der Waals surface area (Å²) in [6.07, 6.45) is 0. The van der Waals surface area contributed by atoms with Crippen molar-refractivity contribution in [1.82, 2.24) is 0 Å². The predicted octanol–water partition coefficient (Wildman–Crippen LogP) is 4.19. The molecule has 0 aliphatic heterocycles. The van der Waals surface area contributed by atoms with Crippen molar-refractivity contribution in [2.75, 3.05) is 39.1 Å². The lowest BCUT2D eigenvalue weighted by Crippen LogP contribution is -2.32. The number of anilines is 2. The first-order valence-electron chi connectivity index (χ1n) is 14.9. The molecule has 0 aliphatic carbocycles. The number of esters is 4. The van der Waals surface area contributed by atoms with Crippen molar-refractivity contribution in [1.29, 1.82) is 0 Å². The molecule has 0 aromatic heterocycles. The number of carbonyl (C=O) groups is 8. The first-order valence-corrected chi connectivity index (χ1v) is 14.9. The molecule has 270 valence electrons. The van der Waals surface area contributed by atoms with Crippen LogP contribution in [0.2, 0.25) is 0 Å². The summed E-state index contributed by atoms with van der Waals surface area (Å²) < 4.78 is 18.8. The number of hydrogen-bond acceptors (Lipinski definition) is 16. The second-order valence-electron chi connectivity index (χ2n) is 10.4. The number of methoxy groups -OCH3 is 4. The third kappa shape index (κ3) is 10.0. The SMILES string of the molecule is COC(=O)c1ccc(C(=O)OC)c(N=N[C@@H](C(C)=O)C(=O)Nc2ccc(NC(=O)[C@@H](N=Nc3cc(C(=O)OC)ccc3C(=O)OC)C(C)=O)cc2)c1. The maximum atomic E-state index is 13.0. The first-order chi connectivity index (χ1) is 24.7. The van der Waals surface area contributed by atoms with E-state index >= 15 is 0 Å². The Hall–Kier alpha value is -6.98. The molecule has 3 rings (SSSR count). The van der Waals surface area contributed by atoms with Gasteiger partial charge in [-0.1, -0.05) is 0 Å². The fourth-order valence-electron chi connectivity index (χ4n) is 4.22. The van der Waals surface area contributed by atoms with Gasteiger partial charge in [-0.2, -0.15) is 20.5 Å². The van der Waals surface area contributed by atoms with E-state index in [0.29, 0.717) is 0 Å². The number of amides is 2. The molecule has 0 heterocycles. The van der Waals surface area contributed by atoms with Crippen LogP contribution in [0.25, 0.3) is 0 Å². The van der Waals surface area contributed by atoms with Crippen LogP contribution >= 0.6 is 0 Å². The number of nitrogens with one attached hydrogen (secondary N) is 2. The molecule has 0 fully saturated rings. The zero-order valence-electron chi connectivity index (χ0n) is 28.6. The van der Waals surface area contributed by atoms with Crippen molar-refractivity contribution in [2.24, 2.45) is 20.5 Å². The Morgan fingerprint density at radius 2 is 0.827 bits per heavy atom. The molecule has 0 bridgehead atoms. The topological polar surface area (TPSA) is 247 Å². The normalized spacial score (nSPS) is 12.0. The summed E-state index contributed by atoms with van der Waals surface area (Å²) in [6.45, 7) is 2.20. The highest BCUT2D eigenvalue weighted by Gasteiger charge is 2.26. The first kappa shape index (κ1) is 39.5. The molecule has 0 aliphatic rings. The van der Waals surface area contributed by atoms with E-state index in [0.717, 1.165) is 42.3 Å². The van der Waals surface area contributed by atoms with E-state index in [2.05, 4.69) is 40.6 Å². The molecule has 18 nitrogen and oxygen atoms in total. The quantitative estimate of drug-likeness (QED) is 0.103. The van der Waals surface area contributed by atoms with E-state index in [1.807, 2.05) is 0 Å². The molecule has 2 amide bonds. The molecule has 0 spiro atoms. The van der Waals surface area contributed by atoms with Crippen molar-refractivity contribution in [2.45, 2.75) is 25.9 Å². The molecule has 0 unspecified atom stereocenters. The van der Waals surface area contributed by atoms with Crippen molar-refractivity contribution >= 4 is 70.0 Å². The maximum Gasteiger partial charge on any atom is 0.340 e. The van der Waals surface area contributed by atoms with Gasteiger partial charge in [-0.3, -0.25) is 19.2 Å². The summed E-state index contributed by atoms with van der Waals surface area (Å²) in [7, 11) is 4.58. The fourth-order valence-corrected chi connectivity index (χ4v) is 4.22. The Bertz CT molecular complexity index is 1830. The monoisotopic (exact) mass is 716 g/mol. The number of carbonyl (C=O) groups excluding carboxylic acids is 8. The highest BCUT2D eigenvalue weighted by molar-refractivity contribution is 6.11. The Balaban J connectivity index is 1.78. The zero-order chi connectivity index (χ0) is 38.5. The van der Waals surface area contributed by atoms with Gasteiger partial charge in [0, 0.05) is 11.4 Å². The number of rotatable bonds is 14. The lowest BCUT2D eigenvalue weighted by molar-refractivity contribution is -0.127. The van der Waals surface area contributed by atoms with E-state index in [4.69, 9.17) is 9.47 Å². The molecule has 3 aromatic rings. The third-order valence-corrected chi connectivity index (χ3v) is 6.90. The second-order valence-corrected chi connectivity index (χ2v) is 10.4. The third-order valence-electron chi connectivity index (χ3n) is 6.90. The van der Waals surface area contributed by atoms with Crippen LogP contribution in [-0.4, -0.2) is 87.8 Å². The molecule has 18 heteroatoms. The molecule has 0 radical (unpaired) electrons. The number of Topliss-reactive ketones (excluding diaryl/α,β-unsaturated/α-hetero) is 2. The van der Waals surface area contributed by atoms with Crippen molar-refractivity contribution < 1.29 is 57.3 Å². The van der Waals surface area contributed by atoms with E-state index in [9.17, 15) is 38.4 Å².